The van der Waals surface area contributed by atoms with Crippen LogP contribution in [0.3, 0.4) is 0 Å². The maximum absolute atomic E-state index is 11.2. The Balaban J connectivity index is 1.26. The van der Waals surface area contributed by atoms with Crippen LogP contribution in [0.2, 0.25) is 0 Å². The first-order chi connectivity index (χ1) is 14.6. The molecule has 1 aliphatic heterocycles. The van der Waals surface area contributed by atoms with Gasteiger partial charge in [-0.25, -0.2) is 4.79 Å². The smallest absolute Gasteiger partial charge is 0.333 e. The van der Waals surface area contributed by atoms with Crippen LogP contribution < -0.4 is 9.47 Å². The summed E-state index contributed by atoms with van der Waals surface area (Å²) < 4.78 is 32.3. The first-order valence-electron chi connectivity index (χ1n) is 10.0. The van der Waals surface area contributed by atoms with Crippen LogP contribution in [0.1, 0.15) is 6.92 Å². The van der Waals surface area contributed by atoms with E-state index in [1.165, 1.54) is 0 Å². The van der Waals surface area contributed by atoms with Crippen LogP contribution in [0, 0.1) is 0 Å². The molecule has 1 unspecified atom stereocenters. The summed E-state index contributed by atoms with van der Waals surface area (Å²) in [6.45, 7) is 8.83. The monoisotopic (exact) mass is 416 g/mol. The highest BCUT2D eigenvalue weighted by Gasteiger charge is 2.23. The van der Waals surface area contributed by atoms with Crippen LogP contribution >= 0.6 is 0 Å². The number of benzene rings is 2. The summed E-state index contributed by atoms with van der Waals surface area (Å²) in [4.78, 5) is 11.2. The van der Waals surface area contributed by atoms with Crippen molar-refractivity contribution in [1.29, 1.82) is 0 Å². The van der Waals surface area contributed by atoms with Gasteiger partial charge in [-0.1, -0.05) is 18.7 Å². The van der Waals surface area contributed by atoms with Crippen LogP contribution in [0.5, 0.6) is 11.5 Å². The third kappa shape index (κ3) is 7.67. The number of carbonyl (C=O) groups excluding carboxylic acids is 1. The predicted octanol–water partition coefficient (Wildman–Crippen LogP) is 3.15. The molecule has 0 aromatic heterocycles. The quantitative estimate of drug-likeness (QED) is 0.203. The lowest BCUT2D eigenvalue weighted by molar-refractivity contribution is -0.140. The van der Waals surface area contributed by atoms with E-state index in [1.807, 2.05) is 36.4 Å². The average Bonchev–Trinajstić information content (AvgIpc) is 3.57. The van der Waals surface area contributed by atoms with Gasteiger partial charge >= 0.3 is 5.97 Å². The minimum atomic E-state index is -0.404. The number of rotatable bonds is 14. The van der Waals surface area contributed by atoms with Crippen molar-refractivity contribution in [3.63, 3.8) is 0 Å². The van der Waals surface area contributed by atoms with E-state index in [1.54, 1.807) is 6.92 Å². The van der Waals surface area contributed by atoms with Crippen LogP contribution in [-0.2, 0) is 23.7 Å². The lowest BCUT2D eigenvalue weighted by Gasteiger charge is -2.10. The van der Waals surface area contributed by atoms with Crippen molar-refractivity contribution in [2.75, 3.05) is 52.9 Å². The largest absolute Gasteiger partial charge is 0.491 e. The third-order valence-electron chi connectivity index (χ3n) is 4.30. The summed E-state index contributed by atoms with van der Waals surface area (Å²) in [5.74, 6) is 1.23. The molecule has 2 aromatic carbocycles. The second-order valence-electron chi connectivity index (χ2n) is 6.93. The van der Waals surface area contributed by atoms with Crippen LogP contribution in [0.15, 0.2) is 48.6 Å². The summed E-state index contributed by atoms with van der Waals surface area (Å²) in [6.07, 6.45) is 0.247. The molecule has 1 saturated heterocycles. The second-order valence-corrected chi connectivity index (χ2v) is 6.93. The molecule has 0 radical (unpaired) electrons. The minimum absolute atomic E-state index is 0.208. The Morgan fingerprint density at radius 2 is 1.50 bits per heavy atom. The molecule has 0 bridgehead atoms. The zero-order valence-corrected chi connectivity index (χ0v) is 17.3. The Bertz CT molecular complexity index is 845. The van der Waals surface area contributed by atoms with E-state index in [-0.39, 0.29) is 12.7 Å². The van der Waals surface area contributed by atoms with Gasteiger partial charge in [0.25, 0.3) is 0 Å². The van der Waals surface area contributed by atoms with Gasteiger partial charge in [0, 0.05) is 5.57 Å². The van der Waals surface area contributed by atoms with E-state index in [4.69, 9.17) is 28.4 Å². The normalized spacial score (nSPS) is 15.0. The molecule has 2 aromatic rings. The molecular formula is C23H28O7. The van der Waals surface area contributed by atoms with Crippen LogP contribution in [0.25, 0.3) is 10.8 Å². The van der Waals surface area contributed by atoms with Crippen molar-refractivity contribution < 1.29 is 33.2 Å². The third-order valence-corrected chi connectivity index (χ3v) is 4.30. The second kappa shape index (κ2) is 11.5. The Morgan fingerprint density at radius 1 is 0.933 bits per heavy atom. The highest BCUT2D eigenvalue weighted by atomic mass is 16.6. The maximum Gasteiger partial charge on any atom is 0.333 e. The lowest BCUT2D eigenvalue weighted by atomic mass is 10.1. The minimum Gasteiger partial charge on any atom is -0.491 e. The highest BCUT2D eigenvalue weighted by Crippen LogP contribution is 2.25. The molecule has 7 heteroatoms. The van der Waals surface area contributed by atoms with Gasteiger partial charge in [-0.2, -0.15) is 0 Å². The topological polar surface area (TPSA) is 75.8 Å². The molecule has 0 saturated carbocycles. The number of epoxide rings is 1. The summed E-state index contributed by atoms with van der Waals surface area (Å²) >= 11 is 0. The van der Waals surface area contributed by atoms with Crippen molar-refractivity contribution >= 4 is 16.7 Å². The lowest BCUT2D eigenvalue weighted by Crippen LogP contribution is -2.14. The fraction of sp³-hybridized carbons (Fsp3) is 0.435. The molecule has 0 N–H and O–H groups in total. The molecule has 3 rings (SSSR count). The molecular weight excluding hydrogens is 388 g/mol. The first-order valence-corrected chi connectivity index (χ1v) is 10.0. The standard InChI is InChI=1S/C23H28O7/c1-17(2)23(24)28-12-10-26-8-7-25-9-11-27-20-5-3-19-14-21(6-4-18(19)13-20)29-15-22-16-30-22/h3-6,13-14,22H,1,7-12,15-16H2,2H3. The van der Waals surface area contributed by atoms with Gasteiger partial charge in [0.2, 0.25) is 0 Å². The Hall–Kier alpha value is -2.61. The van der Waals surface area contributed by atoms with E-state index >= 15 is 0 Å². The van der Waals surface area contributed by atoms with Crippen molar-refractivity contribution in [3.8, 4) is 11.5 Å². The fourth-order valence-electron chi connectivity index (χ4n) is 2.59. The Labute approximate surface area is 176 Å². The van der Waals surface area contributed by atoms with E-state index in [2.05, 4.69) is 6.58 Å². The molecule has 0 aliphatic carbocycles. The Kier molecular flexibility index (Phi) is 8.50. The SMILES string of the molecule is C=C(C)C(=O)OCCOCCOCCOc1ccc2cc(OCC3CO3)ccc2c1. The molecule has 1 atom stereocenters. The van der Waals surface area contributed by atoms with Gasteiger partial charge in [0.05, 0.1) is 33.0 Å². The fourth-order valence-corrected chi connectivity index (χ4v) is 2.59. The Morgan fingerprint density at radius 3 is 2.10 bits per heavy atom. The summed E-state index contributed by atoms with van der Waals surface area (Å²) in [5, 5.41) is 2.18. The molecule has 1 fully saturated rings. The summed E-state index contributed by atoms with van der Waals surface area (Å²) in [5.41, 5.74) is 0.378. The zero-order valence-electron chi connectivity index (χ0n) is 17.3. The van der Waals surface area contributed by atoms with Gasteiger partial charge in [0.1, 0.15) is 37.4 Å². The van der Waals surface area contributed by atoms with Gasteiger partial charge in [-0.3, -0.25) is 0 Å². The number of hydrogen-bond acceptors (Lipinski definition) is 7. The van der Waals surface area contributed by atoms with Crippen molar-refractivity contribution in [2.45, 2.75) is 13.0 Å². The summed E-state index contributed by atoms with van der Waals surface area (Å²) in [7, 11) is 0. The van der Waals surface area contributed by atoms with E-state index in [9.17, 15) is 4.79 Å². The van der Waals surface area contributed by atoms with E-state index < -0.39 is 5.97 Å². The van der Waals surface area contributed by atoms with Gasteiger partial charge in [0.15, 0.2) is 0 Å². The van der Waals surface area contributed by atoms with Crippen molar-refractivity contribution in [3.05, 3.63) is 48.6 Å². The molecule has 30 heavy (non-hydrogen) atoms. The zero-order chi connectivity index (χ0) is 21.2. The van der Waals surface area contributed by atoms with Gasteiger partial charge in [-0.05, 0) is 42.0 Å². The molecule has 1 heterocycles. The van der Waals surface area contributed by atoms with Crippen LogP contribution in [-0.4, -0.2) is 64.9 Å². The number of hydrogen-bond donors (Lipinski definition) is 0. The summed E-state index contributed by atoms with van der Waals surface area (Å²) in [6, 6.07) is 11.9. The van der Waals surface area contributed by atoms with Crippen molar-refractivity contribution in [1.82, 2.24) is 0 Å². The molecule has 0 amide bonds. The number of esters is 1. The maximum atomic E-state index is 11.2. The van der Waals surface area contributed by atoms with Gasteiger partial charge < -0.3 is 28.4 Å². The average molecular weight is 416 g/mol. The molecule has 0 spiro atoms. The van der Waals surface area contributed by atoms with Crippen molar-refractivity contribution in [2.24, 2.45) is 0 Å². The van der Waals surface area contributed by atoms with E-state index in [0.29, 0.717) is 45.2 Å². The van der Waals surface area contributed by atoms with Crippen LogP contribution in [0.4, 0.5) is 0 Å². The number of carbonyl (C=O) groups is 1. The predicted molar refractivity (Wildman–Crippen MR) is 112 cm³/mol. The molecule has 1 aliphatic rings. The van der Waals surface area contributed by atoms with Gasteiger partial charge in [-0.15, -0.1) is 0 Å². The molecule has 162 valence electrons. The highest BCUT2D eigenvalue weighted by molar-refractivity contribution is 5.87. The number of fused-ring (bicyclic) bond motifs is 1. The number of ether oxygens (including phenoxy) is 6. The van der Waals surface area contributed by atoms with E-state index in [0.717, 1.165) is 28.9 Å². The molecule has 7 nitrogen and oxygen atoms in total. The first kappa shape index (κ1) is 22.1.